The first kappa shape index (κ1) is 18.4. The third-order valence-electron chi connectivity index (χ3n) is 5.67. The lowest BCUT2D eigenvalue weighted by Crippen LogP contribution is -2.22. The van der Waals surface area contributed by atoms with Crippen molar-refractivity contribution in [2.45, 2.75) is 13.7 Å². The van der Waals surface area contributed by atoms with Gasteiger partial charge in [-0.25, -0.2) is 0 Å². The summed E-state index contributed by atoms with van der Waals surface area (Å²) in [6, 6.07) is 13.9. The van der Waals surface area contributed by atoms with Crippen LogP contribution in [0.1, 0.15) is 16.7 Å². The molecular weight excluding hydrogens is 378 g/mol. The number of aromatic nitrogens is 2. The summed E-state index contributed by atoms with van der Waals surface area (Å²) < 4.78 is 9.25. The fourth-order valence-corrected chi connectivity index (χ4v) is 4.35. The summed E-state index contributed by atoms with van der Waals surface area (Å²) in [5, 5.41) is 4.35. The number of methoxy groups -OCH3 is 1. The van der Waals surface area contributed by atoms with Gasteiger partial charge >= 0.3 is 0 Å². The molecule has 0 spiro atoms. The van der Waals surface area contributed by atoms with Crippen LogP contribution in [0, 0.1) is 6.92 Å². The zero-order valence-corrected chi connectivity index (χ0v) is 17.0. The van der Waals surface area contributed by atoms with Crippen LogP contribution < -0.4 is 5.32 Å². The molecule has 6 heteroatoms. The Morgan fingerprint density at radius 1 is 0.900 bits per heavy atom. The van der Waals surface area contributed by atoms with Gasteiger partial charge in [-0.2, -0.15) is 0 Å². The van der Waals surface area contributed by atoms with Crippen LogP contribution in [0.15, 0.2) is 54.9 Å². The summed E-state index contributed by atoms with van der Waals surface area (Å²) in [5.74, 6) is -0.744. The molecule has 150 valence electrons. The normalized spacial score (nSPS) is 14.4. The van der Waals surface area contributed by atoms with E-state index in [1.54, 1.807) is 7.11 Å². The van der Waals surface area contributed by atoms with Gasteiger partial charge in [-0.05, 0) is 24.6 Å². The number of imide groups is 1. The monoisotopic (exact) mass is 399 g/mol. The molecule has 0 radical (unpaired) electrons. The number of ether oxygens (including phenoxy) is 1. The molecule has 1 aliphatic heterocycles. The number of hydrogen-bond acceptors (Lipinski definition) is 3. The average molecular weight is 399 g/mol. The molecule has 4 aromatic rings. The van der Waals surface area contributed by atoms with Gasteiger partial charge < -0.3 is 13.9 Å². The van der Waals surface area contributed by atoms with Crippen LogP contribution >= 0.6 is 0 Å². The quantitative estimate of drug-likeness (QED) is 0.533. The number of carbonyl (C=O) groups is 2. The van der Waals surface area contributed by atoms with Crippen LogP contribution in [0.2, 0.25) is 0 Å². The Bertz CT molecular complexity index is 1390. The van der Waals surface area contributed by atoms with Crippen molar-refractivity contribution in [1.82, 2.24) is 14.5 Å². The van der Waals surface area contributed by atoms with Gasteiger partial charge in [0.2, 0.25) is 0 Å². The molecule has 0 saturated heterocycles. The Morgan fingerprint density at radius 3 is 2.30 bits per heavy atom. The van der Waals surface area contributed by atoms with E-state index in [-0.39, 0.29) is 11.8 Å². The molecule has 0 fully saturated rings. The molecule has 0 unspecified atom stereocenters. The molecule has 0 aliphatic carbocycles. The summed E-state index contributed by atoms with van der Waals surface area (Å²) in [6.07, 6.45) is 3.81. The SMILES string of the molecule is COCn1cc(C2=C(c3cn(C)c4cc(C)ccc34)C(=O)NC2=O)c2ccccc21. The van der Waals surface area contributed by atoms with E-state index in [2.05, 4.69) is 11.4 Å². The predicted molar refractivity (Wildman–Crippen MR) is 117 cm³/mol. The molecule has 2 aromatic heterocycles. The van der Waals surface area contributed by atoms with Crippen molar-refractivity contribution in [3.8, 4) is 0 Å². The Morgan fingerprint density at radius 2 is 1.57 bits per heavy atom. The smallest absolute Gasteiger partial charge is 0.259 e. The lowest BCUT2D eigenvalue weighted by atomic mass is 9.95. The number of hydrogen-bond donors (Lipinski definition) is 1. The minimum atomic E-state index is -0.376. The van der Waals surface area contributed by atoms with Gasteiger partial charge in [0, 0.05) is 54.0 Å². The molecule has 0 atom stereocenters. The maximum atomic E-state index is 12.9. The molecule has 1 aliphatic rings. The van der Waals surface area contributed by atoms with Gasteiger partial charge in [0.15, 0.2) is 0 Å². The minimum Gasteiger partial charge on any atom is -0.364 e. The minimum absolute atomic E-state index is 0.353. The van der Waals surface area contributed by atoms with Crippen molar-refractivity contribution in [2.24, 2.45) is 7.05 Å². The van der Waals surface area contributed by atoms with Crippen molar-refractivity contribution in [2.75, 3.05) is 7.11 Å². The van der Waals surface area contributed by atoms with Gasteiger partial charge in [-0.1, -0.05) is 30.3 Å². The molecule has 6 nitrogen and oxygen atoms in total. The van der Waals surface area contributed by atoms with Gasteiger partial charge in [0.25, 0.3) is 11.8 Å². The lowest BCUT2D eigenvalue weighted by molar-refractivity contribution is -0.122. The molecule has 3 heterocycles. The van der Waals surface area contributed by atoms with E-state index in [0.29, 0.717) is 17.9 Å². The van der Waals surface area contributed by atoms with Crippen LogP contribution in [0.4, 0.5) is 0 Å². The Hall–Kier alpha value is -3.64. The first-order chi connectivity index (χ1) is 14.5. The average Bonchev–Trinajstić information content (AvgIpc) is 3.33. The van der Waals surface area contributed by atoms with Crippen LogP contribution in [0.5, 0.6) is 0 Å². The van der Waals surface area contributed by atoms with Gasteiger partial charge in [0.1, 0.15) is 6.73 Å². The highest BCUT2D eigenvalue weighted by Crippen LogP contribution is 2.38. The zero-order chi connectivity index (χ0) is 21.0. The second kappa shape index (κ2) is 6.71. The molecule has 30 heavy (non-hydrogen) atoms. The molecule has 0 bridgehead atoms. The van der Waals surface area contributed by atoms with Gasteiger partial charge in [-0.3, -0.25) is 14.9 Å². The number of nitrogens with zero attached hydrogens (tertiary/aromatic N) is 2. The number of nitrogens with one attached hydrogen (secondary N) is 1. The molecule has 2 amide bonds. The van der Waals surface area contributed by atoms with E-state index in [4.69, 9.17) is 4.74 Å². The molecule has 5 rings (SSSR count). The number of amides is 2. The highest BCUT2D eigenvalue weighted by molar-refractivity contribution is 6.50. The molecular formula is C24H21N3O3. The van der Waals surface area contributed by atoms with E-state index in [1.807, 2.05) is 71.9 Å². The van der Waals surface area contributed by atoms with E-state index < -0.39 is 0 Å². The number of para-hydroxylation sites is 1. The third kappa shape index (κ3) is 2.61. The van der Waals surface area contributed by atoms with E-state index in [1.165, 1.54) is 0 Å². The second-order valence-corrected chi connectivity index (χ2v) is 7.66. The fraction of sp³-hybridized carbons (Fsp3) is 0.167. The van der Waals surface area contributed by atoms with Gasteiger partial charge in [0.05, 0.1) is 16.7 Å². The van der Waals surface area contributed by atoms with Gasteiger partial charge in [-0.15, -0.1) is 0 Å². The molecule has 0 saturated carbocycles. The van der Waals surface area contributed by atoms with Crippen molar-refractivity contribution < 1.29 is 14.3 Å². The van der Waals surface area contributed by atoms with E-state index >= 15 is 0 Å². The molecule has 1 N–H and O–H groups in total. The van der Waals surface area contributed by atoms with Crippen LogP contribution in [-0.4, -0.2) is 28.1 Å². The highest BCUT2D eigenvalue weighted by Gasteiger charge is 2.35. The van der Waals surface area contributed by atoms with Crippen molar-refractivity contribution in [1.29, 1.82) is 0 Å². The number of aryl methyl sites for hydroxylation is 2. The summed E-state index contributed by atoms with van der Waals surface area (Å²) in [7, 11) is 3.58. The highest BCUT2D eigenvalue weighted by atomic mass is 16.5. The lowest BCUT2D eigenvalue weighted by Gasteiger charge is -2.03. The van der Waals surface area contributed by atoms with Crippen molar-refractivity contribution in [3.63, 3.8) is 0 Å². The topological polar surface area (TPSA) is 65.3 Å². The number of carbonyl (C=O) groups excluding carboxylic acids is 2. The summed E-state index contributed by atoms with van der Waals surface area (Å²) >= 11 is 0. The first-order valence-corrected chi connectivity index (χ1v) is 9.72. The summed E-state index contributed by atoms with van der Waals surface area (Å²) in [6.45, 7) is 2.39. The Balaban J connectivity index is 1.84. The number of fused-ring (bicyclic) bond motifs is 2. The van der Waals surface area contributed by atoms with Crippen LogP contribution in [-0.2, 0) is 28.1 Å². The van der Waals surface area contributed by atoms with E-state index in [9.17, 15) is 9.59 Å². The second-order valence-electron chi connectivity index (χ2n) is 7.66. The fourth-order valence-electron chi connectivity index (χ4n) is 4.35. The zero-order valence-electron chi connectivity index (χ0n) is 17.0. The van der Waals surface area contributed by atoms with Crippen molar-refractivity contribution >= 4 is 44.8 Å². The van der Waals surface area contributed by atoms with Crippen LogP contribution in [0.3, 0.4) is 0 Å². The van der Waals surface area contributed by atoms with Crippen LogP contribution in [0.25, 0.3) is 33.0 Å². The largest absolute Gasteiger partial charge is 0.364 e. The first-order valence-electron chi connectivity index (χ1n) is 9.72. The maximum Gasteiger partial charge on any atom is 0.259 e. The van der Waals surface area contributed by atoms with Crippen molar-refractivity contribution in [3.05, 3.63) is 71.5 Å². The standard InChI is InChI=1S/C24H21N3O3/c1-14-8-9-16-17(11-26(2)20(16)10-14)21-22(24(29)25-23(21)28)18-12-27(13-30-3)19-7-5-4-6-15(18)19/h4-12H,13H2,1-3H3,(H,25,28,29). The molecule has 2 aromatic carbocycles. The summed E-state index contributed by atoms with van der Waals surface area (Å²) in [5.41, 5.74) is 5.40. The number of benzene rings is 2. The predicted octanol–water partition coefficient (Wildman–Crippen LogP) is 3.61. The van der Waals surface area contributed by atoms with E-state index in [0.717, 1.165) is 38.5 Å². The third-order valence-corrected chi connectivity index (χ3v) is 5.67. The maximum absolute atomic E-state index is 12.9. The summed E-state index contributed by atoms with van der Waals surface area (Å²) in [4.78, 5) is 25.9. The Kier molecular flexibility index (Phi) is 4.11. The number of rotatable bonds is 4. The Labute approximate surface area is 173 Å².